The molecule has 4 unspecified atom stereocenters. The van der Waals surface area contributed by atoms with Crippen LogP contribution < -0.4 is 5.32 Å². The van der Waals surface area contributed by atoms with Crippen LogP contribution in [0, 0.1) is 0 Å². The highest BCUT2D eigenvalue weighted by molar-refractivity contribution is 5.80. The molecule has 0 aromatic rings. The Labute approximate surface area is 412 Å². The molecule has 0 bridgehead atoms. The molecule has 0 aliphatic rings. The van der Waals surface area contributed by atoms with E-state index in [0.717, 1.165) is 44.9 Å². The molecule has 0 fully saturated rings. The zero-order valence-corrected chi connectivity index (χ0v) is 44.5. The van der Waals surface area contributed by atoms with Crippen LogP contribution in [0.1, 0.15) is 322 Å². The molecule has 0 aromatic heterocycles. The third-order valence-corrected chi connectivity index (χ3v) is 14.2. The number of hydrogen-bond acceptors (Lipinski definition) is 5. The van der Waals surface area contributed by atoms with Gasteiger partial charge in [0, 0.05) is 0 Å². The first-order chi connectivity index (χ1) is 32.5. The number of allylic oxidation sites excluding steroid dienone is 4. The summed E-state index contributed by atoms with van der Waals surface area (Å²) in [7, 11) is 0. The minimum atomic E-state index is -1.26. The minimum absolute atomic E-state index is 0.364. The second kappa shape index (κ2) is 54.7. The summed E-state index contributed by atoms with van der Waals surface area (Å²) in [5.74, 6) is -0.584. The van der Waals surface area contributed by atoms with E-state index in [1.165, 1.54) is 250 Å². The minimum Gasteiger partial charge on any atom is -0.394 e. The SMILES string of the molecule is CCCCCCCCCCC/C=C\C/C=C\CCCCCCCCCCC(O)C(=O)NC(CO)C(O)C(O)CCCCCCCCCCCCCCCCCCCCCCCCCCCC. The molecule has 0 spiro atoms. The van der Waals surface area contributed by atoms with Gasteiger partial charge in [-0.2, -0.15) is 0 Å². The molecular formula is C60H117NO5. The molecule has 66 heavy (non-hydrogen) atoms. The van der Waals surface area contributed by atoms with Crippen LogP contribution in [0.2, 0.25) is 0 Å². The Morgan fingerprint density at radius 2 is 0.652 bits per heavy atom. The van der Waals surface area contributed by atoms with Crippen molar-refractivity contribution in [2.75, 3.05) is 6.61 Å². The monoisotopic (exact) mass is 932 g/mol. The van der Waals surface area contributed by atoms with E-state index >= 15 is 0 Å². The molecule has 0 saturated heterocycles. The standard InChI is InChI=1S/C60H117NO5/c1-3-5-7-9-11-13-15-17-19-21-23-25-27-29-30-32-33-35-37-39-41-43-45-47-49-51-53-57(63)59(65)56(55-62)61-60(66)58(64)54-52-50-48-46-44-42-40-38-36-34-31-28-26-24-22-20-18-16-14-12-10-8-6-4-2/h24,26,31,34,56-59,62-65H,3-23,25,27-30,32-33,35-55H2,1-2H3,(H,61,66)/b26-24-,34-31-. The van der Waals surface area contributed by atoms with Crippen LogP contribution in [0.4, 0.5) is 0 Å². The van der Waals surface area contributed by atoms with Crippen molar-refractivity contribution in [1.82, 2.24) is 5.32 Å². The fourth-order valence-corrected chi connectivity index (χ4v) is 9.50. The predicted octanol–water partition coefficient (Wildman–Crippen LogP) is 17.4. The number of carbonyl (C=O) groups excluding carboxylic acids is 1. The van der Waals surface area contributed by atoms with Crippen LogP contribution in [0.25, 0.3) is 0 Å². The van der Waals surface area contributed by atoms with E-state index in [9.17, 15) is 25.2 Å². The van der Waals surface area contributed by atoms with Crippen LogP contribution >= 0.6 is 0 Å². The maximum absolute atomic E-state index is 12.6. The van der Waals surface area contributed by atoms with Crippen LogP contribution in [-0.2, 0) is 4.79 Å². The van der Waals surface area contributed by atoms with Crippen molar-refractivity contribution in [3.63, 3.8) is 0 Å². The van der Waals surface area contributed by atoms with Gasteiger partial charge in [0.2, 0.25) is 5.91 Å². The molecule has 6 nitrogen and oxygen atoms in total. The third-order valence-electron chi connectivity index (χ3n) is 14.2. The predicted molar refractivity (Wildman–Crippen MR) is 288 cm³/mol. The van der Waals surface area contributed by atoms with Gasteiger partial charge in [-0.15, -0.1) is 0 Å². The molecule has 4 atom stereocenters. The molecule has 1 amide bonds. The zero-order valence-electron chi connectivity index (χ0n) is 44.5. The molecule has 0 saturated carbocycles. The lowest BCUT2D eigenvalue weighted by molar-refractivity contribution is -0.132. The van der Waals surface area contributed by atoms with Gasteiger partial charge < -0.3 is 25.7 Å². The van der Waals surface area contributed by atoms with Gasteiger partial charge in [-0.05, 0) is 44.9 Å². The Kier molecular flexibility index (Phi) is 53.7. The van der Waals surface area contributed by atoms with E-state index in [1.54, 1.807) is 0 Å². The highest BCUT2D eigenvalue weighted by Gasteiger charge is 2.28. The highest BCUT2D eigenvalue weighted by atomic mass is 16.3. The number of aliphatic hydroxyl groups excluding tert-OH is 4. The first-order valence-corrected chi connectivity index (χ1v) is 29.7. The Balaban J connectivity index is 3.61. The lowest BCUT2D eigenvalue weighted by Gasteiger charge is -2.27. The van der Waals surface area contributed by atoms with Crippen molar-refractivity contribution in [3.05, 3.63) is 24.3 Å². The van der Waals surface area contributed by atoms with Gasteiger partial charge in [-0.3, -0.25) is 4.79 Å². The topological polar surface area (TPSA) is 110 Å². The first kappa shape index (κ1) is 64.8. The van der Waals surface area contributed by atoms with Crippen molar-refractivity contribution in [1.29, 1.82) is 0 Å². The quantitative estimate of drug-likeness (QED) is 0.0308. The number of unbranched alkanes of at least 4 members (excludes halogenated alkanes) is 42. The van der Waals surface area contributed by atoms with E-state index in [1.807, 2.05) is 0 Å². The van der Waals surface area contributed by atoms with Gasteiger partial charge in [-0.1, -0.05) is 301 Å². The van der Waals surface area contributed by atoms with E-state index in [0.29, 0.717) is 12.8 Å². The molecule has 0 aliphatic carbocycles. The zero-order chi connectivity index (χ0) is 48.1. The van der Waals surface area contributed by atoms with E-state index in [-0.39, 0.29) is 0 Å². The average molecular weight is 933 g/mol. The van der Waals surface area contributed by atoms with Crippen molar-refractivity contribution >= 4 is 5.91 Å². The summed E-state index contributed by atoms with van der Waals surface area (Å²) in [5.41, 5.74) is 0. The van der Waals surface area contributed by atoms with Gasteiger partial charge >= 0.3 is 0 Å². The Bertz CT molecular complexity index is 1000. The Hall–Kier alpha value is -1.21. The van der Waals surface area contributed by atoms with Crippen LogP contribution in [0.3, 0.4) is 0 Å². The largest absolute Gasteiger partial charge is 0.394 e. The summed E-state index contributed by atoms with van der Waals surface area (Å²) in [6.07, 6.45) is 66.8. The summed E-state index contributed by atoms with van der Waals surface area (Å²) in [5, 5.41) is 44.1. The van der Waals surface area contributed by atoms with E-state index in [4.69, 9.17) is 0 Å². The van der Waals surface area contributed by atoms with Crippen molar-refractivity contribution in [3.8, 4) is 0 Å². The first-order valence-electron chi connectivity index (χ1n) is 29.7. The molecule has 0 aromatic carbocycles. The van der Waals surface area contributed by atoms with Gasteiger partial charge in [0.25, 0.3) is 0 Å². The molecule has 5 N–H and O–H groups in total. The number of aliphatic hydroxyl groups is 4. The highest BCUT2D eigenvalue weighted by Crippen LogP contribution is 2.18. The summed E-state index contributed by atoms with van der Waals surface area (Å²) >= 11 is 0. The fraction of sp³-hybridized carbons (Fsp3) is 0.917. The lowest BCUT2D eigenvalue weighted by atomic mass is 9.99. The van der Waals surface area contributed by atoms with Crippen LogP contribution in [0.15, 0.2) is 24.3 Å². The summed E-state index contributed by atoms with van der Waals surface area (Å²) in [6, 6.07) is -0.988. The second-order valence-corrected chi connectivity index (χ2v) is 20.7. The average Bonchev–Trinajstić information content (AvgIpc) is 3.32. The van der Waals surface area contributed by atoms with Crippen molar-refractivity contribution in [2.24, 2.45) is 0 Å². The molecule has 392 valence electrons. The van der Waals surface area contributed by atoms with Crippen LogP contribution in [0.5, 0.6) is 0 Å². The van der Waals surface area contributed by atoms with Crippen molar-refractivity contribution < 1.29 is 25.2 Å². The number of hydrogen-bond donors (Lipinski definition) is 5. The van der Waals surface area contributed by atoms with Gasteiger partial charge in [0.1, 0.15) is 12.2 Å². The number of carbonyl (C=O) groups is 1. The van der Waals surface area contributed by atoms with Gasteiger partial charge in [0.05, 0.1) is 18.8 Å². The van der Waals surface area contributed by atoms with Gasteiger partial charge in [0.15, 0.2) is 0 Å². The number of amides is 1. The van der Waals surface area contributed by atoms with E-state index in [2.05, 4.69) is 43.5 Å². The molecular weight excluding hydrogens is 815 g/mol. The van der Waals surface area contributed by atoms with Crippen molar-refractivity contribution in [2.45, 2.75) is 346 Å². The fourth-order valence-electron chi connectivity index (χ4n) is 9.50. The number of nitrogens with one attached hydrogen (secondary N) is 1. The molecule has 0 heterocycles. The molecule has 0 rings (SSSR count). The maximum atomic E-state index is 12.6. The summed E-state index contributed by atoms with van der Waals surface area (Å²) < 4.78 is 0. The maximum Gasteiger partial charge on any atom is 0.249 e. The summed E-state index contributed by atoms with van der Waals surface area (Å²) in [6.45, 7) is 4.09. The third kappa shape index (κ3) is 47.8. The number of rotatable bonds is 55. The second-order valence-electron chi connectivity index (χ2n) is 20.7. The van der Waals surface area contributed by atoms with Crippen LogP contribution in [-0.4, -0.2) is 57.3 Å². The normalized spacial score (nSPS) is 13.8. The molecule has 0 aliphatic heterocycles. The van der Waals surface area contributed by atoms with E-state index < -0.39 is 36.9 Å². The Morgan fingerprint density at radius 3 is 0.955 bits per heavy atom. The Morgan fingerprint density at radius 1 is 0.379 bits per heavy atom. The summed E-state index contributed by atoms with van der Waals surface area (Å²) in [4.78, 5) is 12.6. The van der Waals surface area contributed by atoms with Gasteiger partial charge in [-0.25, -0.2) is 0 Å². The molecule has 0 radical (unpaired) electrons. The smallest absolute Gasteiger partial charge is 0.249 e. The lowest BCUT2D eigenvalue weighted by Crippen LogP contribution is -2.53. The molecule has 6 heteroatoms.